The first-order chi connectivity index (χ1) is 13.0. The Hall–Kier alpha value is -2.08. The van der Waals surface area contributed by atoms with Gasteiger partial charge < -0.3 is 19.9 Å². The van der Waals surface area contributed by atoms with Crippen molar-refractivity contribution in [1.29, 1.82) is 0 Å². The van der Waals surface area contributed by atoms with Crippen LogP contribution in [0.15, 0.2) is 42.5 Å². The predicted octanol–water partition coefficient (Wildman–Crippen LogP) is 0.579. The number of methoxy groups -OCH3 is 1. The van der Waals surface area contributed by atoms with Gasteiger partial charge in [0.1, 0.15) is 38.5 Å². The summed E-state index contributed by atoms with van der Waals surface area (Å²) in [6.45, 7) is 7.67. The monoisotopic (exact) mass is 389 g/mol. The molecule has 0 aliphatic carbocycles. The first kappa shape index (κ1) is 19.7. The van der Waals surface area contributed by atoms with E-state index in [-0.39, 0.29) is 5.91 Å². The van der Waals surface area contributed by atoms with Crippen molar-refractivity contribution in [2.45, 2.75) is 13.5 Å². The van der Waals surface area contributed by atoms with E-state index in [4.69, 9.17) is 16.3 Å². The number of carbonyl (C=O) groups excluding carboxylic acids is 1. The first-order valence-electron chi connectivity index (χ1n) is 9.39. The average molecular weight is 390 g/mol. The van der Waals surface area contributed by atoms with Crippen molar-refractivity contribution in [2.75, 3.05) is 45.2 Å². The van der Waals surface area contributed by atoms with Gasteiger partial charge in [0.2, 0.25) is 0 Å². The van der Waals surface area contributed by atoms with Gasteiger partial charge in [-0.3, -0.25) is 4.79 Å². The Bertz CT molecular complexity index is 771. The van der Waals surface area contributed by atoms with Crippen LogP contribution in [0.25, 0.3) is 0 Å². The average Bonchev–Trinajstić information content (AvgIpc) is 2.66. The number of quaternary nitrogens is 2. The molecule has 0 bridgehead atoms. The number of piperazine rings is 1. The third-order valence-corrected chi connectivity index (χ3v) is 5.39. The molecule has 0 radical (unpaired) electrons. The van der Waals surface area contributed by atoms with Crippen molar-refractivity contribution in [2.24, 2.45) is 0 Å². The van der Waals surface area contributed by atoms with Gasteiger partial charge in [0, 0.05) is 16.3 Å². The molecule has 6 heteroatoms. The van der Waals surface area contributed by atoms with Gasteiger partial charge in [-0.1, -0.05) is 11.6 Å². The molecule has 3 rings (SSSR count). The second kappa shape index (κ2) is 9.22. The van der Waals surface area contributed by atoms with Crippen LogP contribution in [0.1, 0.15) is 11.1 Å². The number of halogens is 1. The summed E-state index contributed by atoms with van der Waals surface area (Å²) >= 11 is 5.97. The van der Waals surface area contributed by atoms with Gasteiger partial charge in [-0.25, -0.2) is 0 Å². The van der Waals surface area contributed by atoms with E-state index < -0.39 is 0 Å². The number of carbonyl (C=O) groups is 1. The molecule has 0 unspecified atom stereocenters. The third-order valence-electron chi connectivity index (χ3n) is 5.15. The largest absolute Gasteiger partial charge is 0.497 e. The van der Waals surface area contributed by atoms with Gasteiger partial charge in [0.15, 0.2) is 6.54 Å². The summed E-state index contributed by atoms with van der Waals surface area (Å²) in [5.74, 6) is 0.957. The van der Waals surface area contributed by atoms with Crippen molar-refractivity contribution in [3.8, 4) is 5.75 Å². The molecule has 1 aliphatic heterocycles. The zero-order valence-electron chi connectivity index (χ0n) is 16.0. The van der Waals surface area contributed by atoms with Crippen LogP contribution in [0.4, 0.5) is 5.69 Å². The van der Waals surface area contributed by atoms with E-state index in [1.54, 1.807) is 18.1 Å². The van der Waals surface area contributed by atoms with E-state index in [0.29, 0.717) is 11.6 Å². The molecule has 1 saturated heterocycles. The lowest BCUT2D eigenvalue weighted by atomic mass is 10.2. The Morgan fingerprint density at radius 2 is 1.74 bits per heavy atom. The van der Waals surface area contributed by atoms with Crippen molar-refractivity contribution >= 4 is 23.2 Å². The lowest BCUT2D eigenvalue weighted by Gasteiger charge is -2.29. The number of amides is 1. The molecule has 1 amide bonds. The van der Waals surface area contributed by atoms with Crippen molar-refractivity contribution in [1.82, 2.24) is 0 Å². The summed E-state index contributed by atoms with van der Waals surface area (Å²) < 4.78 is 5.21. The number of anilines is 1. The second-order valence-electron chi connectivity index (χ2n) is 7.21. The van der Waals surface area contributed by atoms with Gasteiger partial charge >= 0.3 is 0 Å². The van der Waals surface area contributed by atoms with E-state index in [0.717, 1.165) is 49.7 Å². The Labute approximate surface area is 165 Å². The molecule has 1 heterocycles. The van der Waals surface area contributed by atoms with Gasteiger partial charge in [-0.15, -0.1) is 0 Å². The van der Waals surface area contributed by atoms with Crippen LogP contribution in [-0.4, -0.2) is 45.7 Å². The normalized spacial score (nSPS) is 19.5. The lowest BCUT2D eigenvalue weighted by molar-refractivity contribution is -1.02. The van der Waals surface area contributed by atoms with E-state index in [1.165, 1.54) is 10.5 Å². The quantitative estimate of drug-likeness (QED) is 0.677. The van der Waals surface area contributed by atoms with Gasteiger partial charge in [0.25, 0.3) is 5.91 Å². The highest BCUT2D eigenvalue weighted by molar-refractivity contribution is 6.30. The van der Waals surface area contributed by atoms with Crippen molar-refractivity contribution in [3.63, 3.8) is 0 Å². The van der Waals surface area contributed by atoms with Crippen LogP contribution in [0.3, 0.4) is 0 Å². The number of aryl methyl sites for hydroxylation is 1. The van der Waals surface area contributed by atoms with Crippen molar-refractivity contribution < 1.29 is 19.3 Å². The Balaban J connectivity index is 1.44. The molecular formula is C21H28ClN3O2+2. The number of ether oxygens (including phenoxy) is 1. The lowest BCUT2D eigenvalue weighted by Crippen LogP contribution is -3.28. The summed E-state index contributed by atoms with van der Waals surface area (Å²) in [4.78, 5) is 15.3. The molecule has 1 aliphatic rings. The van der Waals surface area contributed by atoms with Crippen LogP contribution in [0.2, 0.25) is 5.02 Å². The standard InChI is InChI=1S/C21H26ClN3O2/c1-16-13-18(22)5-8-20(16)23-21(26)15-25-11-9-24(10-12-25)14-17-3-6-19(27-2)7-4-17/h3-8,13H,9-12,14-15H2,1-2H3,(H,23,26)/p+2. The number of hydrogen-bond acceptors (Lipinski definition) is 2. The summed E-state index contributed by atoms with van der Waals surface area (Å²) in [6.07, 6.45) is 0. The maximum Gasteiger partial charge on any atom is 0.279 e. The van der Waals surface area contributed by atoms with Crippen LogP contribution in [0, 0.1) is 6.92 Å². The third kappa shape index (κ3) is 5.70. The minimum absolute atomic E-state index is 0.0639. The number of hydrogen-bond donors (Lipinski definition) is 3. The maximum absolute atomic E-state index is 12.4. The molecule has 2 aromatic carbocycles. The Kier molecular flexibility index (Phi) is 6.72. The fourth-order valence-corrected chi connectivity index (χ4v) is 3.76. The molecule has 5 nitrogen and oxygen atoms in total. The van der Waals surface area contributed by atoms with E-state index in [9.17, 15) is 4.79 Å². The fourth-order valence-electron chi connectivity index (χ4n) is 3.53. The predicted molar refractivity (Wildman–Crippen MR) is 108 cm³/mol. The molecular weight excluding hydrogens is 362 g/mol. The SMILES string of the molecule is COc1ccc(C[NH+]2CC[NH+](CC(=O)Nc3ccc(Cl)cc3C)CC2)cc1. The second-order valence-corrected chi connectivity index (χ2v) is 7.65. The highest BCUT2D eigenvalue weighted by Gasteiger charge is 2.25. The van der Waals surface area contributed by atoms with Crippen LogP contribution in [0.5, 0.6) is 5.75 Å². The molecule has 0 aromatic heterocycles. The summed E-state index contributed by atoms with van der Waals surface area (Å²) in [7, 11) is 1.69. The summed E-state index contributed by atoms with van der Waals surface area (Å²) in [5, 5.41) is 3.70. The maximum atomic E-state index is 12.4. The zero-order valence-corrected chi connectivity index (χ0v) is 16.7. The molecule has 0 atom stereocenters. The van der Waals surface area contributed by atoms with E-state index in [1.807, 2.05) is 31.2 Å². The van der Waals surface area contributed by atoms with Crippen LogP contribution < -0.4 is 19.9 Å². The fraction of sp³-hybridized carbons (Fsp3) is 0.381. The number of benzene rings is 2. The highest BCUT2D eigenvalue weighted by atomic mass is 35.5. The number of rotatable bonds is 6. The number of nitrogens with one attached hydrogen (secondary N) is 3. The minimum Gasteiger partial charge on any atom is -0.497 e. The molecule has 27 heavy (non-hydrogen) atoms. The smallest absolute Gasteiger partial charge is 0.279 e. The zero-order chi connectivity index (χ0) is 19.2. The molecule has 1 fully saturated rings. The summed E-state index contributed by atoms with van der Waals surface area (Å²) in [6, 6.07) is 13.8. The summed E-state index contributed by atoms with van der Waals surface area (Å²) in [5.41, 5.74) is 3.15. The first-order valence-corrected chi connectivity index (χ1v) is 9.77. The van der Waals surface area contributed by atoms with Crippen LogP contribution >= 0.6 is 11.6 Å². The minimum atomic E-state index is 0.0639. The molecule has 2 aromatic rings. The molecule has 144 valence electrons. The topological polar surface area (TPSA) is 47.2 Å². The molecule has 0 spiro atoms. The van der Waals surface area contributed by atoms with Gasteiger partial charge in [-0.05, 0) is 55.0 Å². The van der Waals surface area contributed by atoms with E-state index >= 15 is 0 Å². The van der Waals surface area contributed by atoms with Gasteiger partial charge in [-0.2, -0.15) is 0 Å². The van der Waals surface area contributed by atoms with Gasteiger partial charge in [0.05, 0.1) is 7.11 Å². The van der Waals surface area contributed by atoms with Crippen LogP contribution in [-0.2, 0) is 11.3 Å². The molecule has 3 N–H and O–H groups in total. The Morgan fingerprint density at radius 1 is 1.07 bits per heavy atom. The van der Waals surface area contributed by atoms with E-state index in [2.05, 4.69) is 17.4 Å². The molecule has 0 saturated carbocycles. The van der Waals surface area contributed by atoms with Crippen molar-refractivity contribution in [3.05, 3.63) is 58.6 Å². The Morgan fingerprint density at radius 3 is 2.37 bits per heavy atom. The highest BCUT2D eigenvalue weighted by Crippen LogP contribution is 2.19.